The molecule has 1 unspecified atom stereocenters. The molecular formula is C58H67FN10O6. The number of hydrogen-bond donors (Lipinski definition) is 2. The standard InChI is InChI=1S/C58H67FN10O6/c1-35(2)68-34-61-49-31-48(63-53(52(49)68)62-47-18-22-60-32-46(47)59)38-10-16-45-50(28-38)69(41-29-40(30-41)65-23-4-3-5-24-65)57(74)58(45)20-26-66(27-21-58)56(73)39-19-25-67(33-39)55(72)37-8-13-43(14-9-37)75-42-11-6-36(7-12-42)44-15-17-51(70)64-54(44)71/h6-7,10-12,16,18,22,28,31-32,34-35,37,39-41,43-44H,3-5,8-9,13-15,17,19-21,23-27,29-30,33H2,1-2H3,(H,60,62,63)(H,64,70,71)/t37?,39-,40?,41?,43?,44?/m1/s1. The Bertz CT molecular complexity index is 3020. The molecule has 4 saturated heterocycles. The van der Waals surface area contributed by atoms with Crippen molar-refractivity contribution < 1.29 is 33.1 Å². The number of ether oxygens (including phenoxy) is 1. The van der Waals surface area contributed by atoms with Crippen molar-refractivity contribution >= 4 is 57.8 Å². The summed E-state index contributed by atoms with van der Waals surface area (Å²) in [4.78, 5) is 89.9. The van der Waals surface area contributed by atoms with Crippen LogP contribution in [0.2, 0.25) is 0 Å². The number of nitrogens with one attached hydrogen (secondary N) is 2. The minimum Gasteiger partial charge on any atom is -0.490 e. The minimum absolute atomic E-state index is 0.0146. The van der Waals surface area contributed by atoms with E-state index in [0.29, 0.717) is 81.4 Å². The molecule has 17 heteroatoms. The van der Waals surface area contributed by atoms with Crippen molar-refractivity contribution in [2.24, 2.45) is 11.8 Å². The maximum atomic E-state index is 15.3. The lowest BCUT2D eigenvalue weighted by molar-refractivity contribution is -0.140. The van der Waals surface area contributed by atoms with Crippen molar-refractivity contribution in [2.45, 2.75) is 139 Å². The van der Waals surface area contributed by atoms with Crippen LogP contribution in [0.4, 0.5) is 21.6 Å². The Balaban J connectivity index is 0.715. The molecule has 5 amide bonds. The van der Waals surface area contributed by atoms with Crippen molar-refractivity contribution in [2.75, 3.05) is 49.5 Å². The van der Waals surface area contributed by atoms with E-state index >= 15 is 9.18 Å². The highest BCUT2D eigenvalue weighted by Crippen LogP contribution is 2.52. The molecule has 2 saturated carbocycles. The average Bonchev–Trinajstić information content (AvgIpc) is 4.16. The van der Waals surface area contributed by atoms with E-state index in [-0.39, 0.29) is 71.2 Å². The summed E-state index contributed by atoms with van der Waals surface area (Å²) in [5, 5.41) is 5.67. The van der Waals surface area contributed by atoms with Gasteiger partial charge in [-0.15, -0.1) is 0 Å². The number of hydrogen-bond acceptors (Lipinski definition) is 11. The minimum atomic E-state index is -0.765. The van der Waals surface area contributed by atoms with Crippen LogP contribution in [0.25, 0.3) is 22.3 Å². The third-order valence-electron chi connectivity index (χ3n) is 17.8. The number of imide groups is 1. The molecule has 3 aromatic heterocycles. The summed E-state index contributed by atoms with van der Waals surface area (Å²) in [7, 11) is 0. The van der Waals surface area contributed by atoms with Gasteiger partial charge in [-0.05, 0) is 145 Å². The van der Waals surface area contributed by atoms with Crippen LogP contribution in [0.1, 0.15) is 127 Å². The molecule has 392 valence electrons. The number of benzene rings is 2. The highest BCUT2D eigenvalue weighted by Gasteiger charge is 2.56. The molecule has 6 fully saturated rings. The lowest BCUT2D eigenvalue weighted by Crippen LogP contribution is -2.58. The first-order valence-corrected chi connectivity index (χ1v) is 27.6. The summed E-state index contributed by atoms with van der Waals surface area (Å²) < 4.78 is 23.4. The predicted octanol–water partition coefficient (Wildman–Crippen LogP) is 8.19. The quantitative estimate of drug-likeness (QED) is 0.122. The van der Waals surface area contributed by atoms with Crippen LogP contribution < -0.4 is 20.3 Å². The van der Waals surface area contributed by atoms with Gasteiger partial charge in [-0.3, -0.25) is 34.3 Å². The molecule has 7 aliphatic rings. The van der Waals surface area contributed by atoms with Gasteiger partial charge >= 0.3 is 0 Å². The molecule has 12 rings (SSSR count). The Hall–Kier alpha value is -6.75. The average molecular weight is 1020 g/mol. The van der Waals surface area contributed by atoms with E-state index in [1.54, 1.807) is 18.6 Å². The second-order valence-corrected chi connectivity index (χ2v) is 22.6. The number of carbonyl (C=O) groups excluding carboxylic acids is 5. The second kappa shape index (κ2) is 20.1. The number of likely N-dealkylation sites (tertiary alicyclic amines) is 3. The van der Waals surface area contributed by atoms with Crippen LogP contribution >= 0.6 is 0 Å². The molecule has 0 radical (unpaired) electrons. The summed E-state index contributed by atoms with van der Waals surface area (Å²) in [5.41, 5.74) is 5.24. The smallest absolute Gasteiger partial charge is 0.238 e. The summed E-state index contributed by atoms with van der Waals surface area (Å²) in [6.07, 6.45) is 15.5. The van der Waals surface area contributed by atoms with Crippen LogP contribution in [0.5, 0.6) is 5.75 Å². The van der Waals surface area contributed by atoms with Gasteiger partial charge in [0.05, 0.1) is 52.8 Å². The van der Waals surface area contributed by atoms with Gasteiger partial charge in [0.25, 0.3) is 0 Å². The number of imidazole rings is 1. The number of halogens is 1. The topological polar surface area (TPSA) is 175 Å². The van der Waals surface area contributed by atoms with E-state index in [9.17, 15) is 19.2 Å². The zero-order valence-corrected chi connectivity index (χ0v) is 43.0. The molecule has 2 atom stereocenters. The number of aromatic nitrogens is 4. The number of carbonyl (C=O) groups is 5. The Kier molecular flexibility index (Phi) is 13.2. The summed E-state index contributed by atoms with van der Waals surface area (Å²) in [6.45, 7) is 8.26. The van der Waals surface area contributed by atoms with Gasteiger partial charge in [0.2, 0.25) is 29.5 Å². The first-order valence-electron chi connectivity index (χ1n) is 27.6. The third kappa shape index (κ3) is 9.22. The lowest BCUT2D eigenvalue weighted by atomic mass is 9.73. The molecule has 5 aromatic rings. The van der Waals surface area contributed by atoms with Crippen LogP contribution in [0, 0.1) is 17.7 Å². The maximum Gasteiger partial charge on any atom is 0.238 e. The molecule has 16 nitrogen and oxygen atoms in total. The van der Waals surface area contributed by atoms with Crippen LogP contribution in [0.3, 0.4) is 0 Å². The van der Waals surface area contributed by atoms with E-state index in [4.69, 9.17) is 14.7 Å². The molecule has 1 spiro atoms. The Labute approximate surface area is 436 Å². The lowest BCUT2D eigenvalue weighted by Gasteiger charge is -2.48. The SMILES string of the molecule is CC(C)n1cnc2cc(-c3ccc4c(c3)N(C3CC(N5CCCCC5)C3)C(=O)C43CCN(C(=O)[C@@H]4CCN(C(=O)C5CCC(Oc6ccc(C7CCC(=O)NC7=O)cc6)CC5)C4)CC3)nc(Nc3ccncc3F)c21. The summed E-state index contributed by atoms with van der Waals surface area (Å²) in [6, 6.07) is 18.0. The van der Waals surface area contributed by atoms with Crippen molar-refractivity contribution in [1.29, 1.82) is 0 Å². The van der Waals surface area contributed by atoms with E-state index in [1.807, 2.05) is 50.8 Å². The van der Waals surface area contributed by atoms with E-state index in [2.05, 4.69) is 51.4 Å². The summed E-state index contributed by atoms with van der Waals surface area (Å²) >= 11 is 0. The van der Waals surface area contributed by atoms with Crippen LogP contribution in [-0.4, -0.2) is 121 Å². The molecule has 8 heterocycles. The number of anilines is 3. The van der Waals surface area contributed by atoms with Gasteiger partial charge < -0.3 is 34.2 Å². The number of rotatable bonds is 11. The largest absolute Gasteiger partial charge is 0.490 e. The molecular weight excluding hydrogens is 952 g/mol. The van der Waals surface area contributed by atoms with Gasteiger partial charge in [0, 0.05) is 74.1 Å². The van der Waals surface area contributed by atoms with Crippen molar-refractivity contribution in [1.82, 2.24) is 39.5 Å². The molecule has 5 aliphatic heterocycles. The van der Waals surface area contributed by atoms with Crippen molar-refractivity contribution in [3.05, 3.63) is 90.3 Å². The molecule has 75 heavy (non-hydrogen) atoms. The van der Waals surface area contributed by atoms with E-state index in [1.165, 1.54) is 25.5 Å². The molecule has 2 aliphatic carbocycles. The van der Waals surface area contributed by atoms with Crippen molar-refractivity contribution in [3.63, 3.8) is 0 Å². The van der Waals surface area contributed by atoms with Crippen LogP contribution in [-0.2, 0) is 29.4 Å². The van der Waals surface area contributed by atoms with Gasteiger partial charge in [0.1, 0.15) is 11.3 Å². The molecule has 0 bridgehead atoms. The zero-order chi connectivity index (χ0) is 51.5. The number of pyridine rings is 2. The Morgan fingerprint density at radius 1 is 0.827 bits per heavy atom. The number of amides is 5. The fraction of sp³-hybridized carbons (Fsp3) is 0.517. The monoisotopic (exact) mass is 1020 g/mol. The van der Waals surface area contributed by atoms with E-state index in [0.717, 1.165) is 85.3 Å². The first-order chi connectivity index (χ1) is 36.4. The highest BCUT2D eigenvalue weighted by atomic mass is 19.1. The number of piperidine rings is 3. The van der Waals surface area contributed by atoms with Gasteiger partial charge in [-0.2, -0.15) is 0 Å². The predicted molar refractivity (Wildman–Crippen MR) is 281 cm³/mol. The number of nitrogens with zero attached hydrogens (tertiary/aromatic N) is 8. The fourth-order valence-electron chi connectivity index (χ4n) is 13.4. The number of fused-ring (bicyclic) bond motifs is 3. The van der Waals surface area contributed by atoms with Crippen molar-refractivity contribution in [3.8, 4) is 17.0 Å². The molecule has 2 N–H and O–H groups in total. The fourth-order valence-corrected chi connectivity index (χ4v) is 13.4. The van der Waals surface area contributed by atoms with Gasteiger partial charge in [0.15, 0.2) is 11.6 Å². The third-order valence-corrected chi connectivity index (χ3v) is 17.8. The summed E-state index contributed by atoms with van der Waals surface area (Å²) in [5.74, 6) is -0.191. The first kappa shape index (κ1) is 49.1. The molecule has 2 aromatic carbocycles. The normalized spacial score (nSPS) is 25.9. The Morgan fingerprint density at radius 2 is 1.59 bits per heavy atom. The highest BCUT2D eigenvalue weighted by molar-refractivity contribution is 6.09. The van der Waals surface area contributed by atoms with Crippen LogP contribution in [0.15, 0.2) is 73.3 Å². The van der Waals surface area contributed by atoms with Gasteiger partial charge in [-0.25, -0.2) is 14.4 Å². The van der Waals surface area contributed by atoms with E-state index < -0.39 is 11.2 Å². The Morgan fingerprint density at radius 3 is 2.32 bits per heavy atom. The van der Waals surface area contributed by atoms with Gasteiger partial charge in [-0.1, -0.05) is 30.7 Å². The zero-order valence-electron chi connectivity index (χ0n) is 43.0. The second-order valence-electron chi connectivity index (χ2n) is 22.6. The maximum absolute atomic E-state index is 15.3.